The molecule has 2 aliphatic rings. The number of rotatable bonds is 5. The van der Waals surface area contributed by atoms with Gasteiger partial charge in [-0.15, -0.1) is 0 Å². The molecule has 2 aliphatic heterocycles. The first-order valence-electron chi connectivity index (χ1n) is 9.17. The number of fused-ring (bicyclic) bond motifs is 1. The topological polar surface area (TPSA) is 49.9 Å². The Morgan fingerprint density at radius 2 is 1.76 bits per heavy atom. The van der Waals surface area contributed by atoms with E-state index < -0.39 is 9.84 Å². The summed E-state index contributed by atoms with van der Waals surface area (Å²) in [5.74, 6) is 1.52. The highest BCUT2D eigenvalue weighted by atomic mass is 32.2. The monoisotopic (exact) mass is 366 g/mol. The van der Waals surface area contributed by atoms with Crippen LogP contribution in [-0.2, 0) is 16.4 Å². The zero-order valence-electron chi connectivity index (χ0n) is 15.8. The van der Waals surface area contributed by atoms with E-state index in [1.54, 1.807) is 7.11 Å². The minimum absolute atomic E-state index is 0.0934. The van der Waals surface area contributed by atoms with Gasteiger partial charge >= 0.3 is 0 Å². The zero-order chi connectivity index (χ0) is 18.2. The molecule has 0 aliphatic carbocycles. The molecule has 2 atom stereocenters. The second-order valence-electron chi connectivity index (χ2n) is 7.49. The van der Waals surface area contributed by atoms with Gasteiger partial charge in [-0.2, -0.15) is 0 Å². The van der Waals surface area contributed by atoms with Crippen LogP contribution in [0.25, 0.3) is 0 Å². The molecule has 0 radical (unpaired) electrons. The molecular weight excluding hydrogens is 336 g/mol. The van der Waals surface area contributed by atoms with Gasteiger partial charge < -0.3 is 4.74 Å². The first kappa shape index (κ1) is 18.7. The van der Waals surface area contributed by atoms with Crippen molar-refractivity contribution < 1.29 is 13.2 Å². The van der Waals surface area contributed by atoms with Gasteiger partial charge in [-0.25, -0.2) is 8.42 Å². The molecule has 140 valence electrons. The van der Waals surface area contributed by atoms with Gasteiger partial charge in [0.2, 0.25) is 0 Å². The highest BCUT2D eigenvalue weighted by Crippen LogP contribution is 2.31. The fourth-order valence-electron chi connectivity index (χ4n) is 4.53. The van der Waals surface area contributed by atoms with Gasteiger partial charge in [0.15, 0.2) is 9.84 Å². The molecular formula is C19H30N2O3S. The maximum absolute atomic E-state index is 12.3. The number of benzene rings is 1. The van der Waals surface area contributed by atoms with Gasteiger partial charge in [-0.05, 0) is 32.4 Å². The number of aryl methyl sites for hydroxylation is 2. The van der Waals surface area contributed by atoms with Crippen LogP contribution < -0.4 is 4.74 Å². The summed E-state index contributed by atoms with van der Waals surface area (Å²) < 4.78 is 30.2. The molecule has 0 unspecified atom stereocenters. The van der Waals surface area contributed by atoms with Crippen molar-refractivity contribution in [2.24, 2.45) is 0 Å². The van der Waals surface area contributed by atoms with Crippen molar-refractivity contribution in [3.05, 3.63) is 28.8 Å². The Morgan fingerprint density at radius 3 is 2.40 bits per heavy atom. The number of methoxy groups -OCH3 is 1. The Bertz CT molecular complexity index is 732. The highest BCUT2D eigenvalue weighted by molar-refractivity contribution is 7.91. The molecule has 1 aromatic carbocycles. The normalized spacial score (nSPS) is 26.6. The van der Waals surface area contributed by atoms with Gasteiger partial charge in [0.05, 0.1) is 18.6 Å². The van der Waals surface area contributed by atoms with Gasteiger partial charge in [-0.1, -0.05) is 24.6 Å². The van der Waals surface area contributed by atoms with Crippen LogP contribution in [0.3, 0.4) is 0 Å². The van der Waals surface area contributed by atoms with Crippen molar-refractivity contribution in [3.63, 3.8) is 0 Å². The first-order valence-corrected chi connectivity index (χ1v) is 11.0. The molecule has 6 heteroatoms. The van der Waals surface area contributed by atoms with E-state index in [2.05, 4.69) is 42.7 Å². The van der Waals surface area contributed by atoms with E-state index in [1.807, 2.05) is 0 Å². The van der Waals surface area contributed by atoms with Crippen LogP contribution in [0.5, 0.6) is 5.75 Å². The molecule has 25 heavy (non-hydrogen) atoms. The van der Waals surface area contributed by atoms with Crippen molar-refractivity contribution in [3.8, 4) is 5.75 Å². The molecule has 0 aromatic heterocycles. The van der Waals surface area contributed by atoms with E-state index in [0.29, 0.717) is 5.75 Å². The maximum atomic E-state index is 12.3. The summed E-state index contributed by atoms with van der Waals surface area (Å²) >= 11 is 0. The number of piperazine rings is 1. The summed E-state index contributed by atoms with van der Waals surface area (Å²) in [6, 6.07) is 4.53. The summed E-state index contributed by atoms with van der Waals surface area (Å²) in [4.78, 5) is 4.74. The summed E-state index contributed by atoms with van der Waals surface area (Å²) in [6.07, 6.45) is 1.06. The molecule has 0 amide bonds. The standard InChI is InChI=1S/C19H30N2O3S/c1-5-6-20-7-8-21(18-13-25(22,23)12-17(18)20)11-16-10-14(2)9-15(3)19(16)24-4/h9-10,17-18H,5-8,11-13H2,1-4H3/t17-,18+/m0/s1. The largest absolute Gasteiger partial charge is 0.496 e. The lowest BCUT2D eigenvalue weighted by Gasteiger charge is -2.44. The zero-order valence-corrected chi connectivity index (χ0v) is 16.6. The van der Waals surface area contributed by atoms with E-state index in [4.69, 9.17) is 4.74 Å². The van der Waals surface area contributed by atoms with Gasteiger partial charge in [0, 0.05) is 37.3 Å². The second kappa shape index (κ2) is 7.25. The van der Waals surface area contributed by atoms with Crippen LogP contribution in [0.1, 0.15) is 30.0 Å². The summed E-state index contributed by atoms with van der Waals surface area (Å²) in [6.45, 7) is 9.91. The maximum Gasteiger partial charge on any atom is 0.153 e. The molecule has 5 nitrogen and oxygen atoms in total. The molecule has 2 saturated heterocycles. The number of sulfone groups is 1. The second-order valence-corrected chi connectivity index (χ2v) is 9.65. The number of nitrogens with zero attached hydrogens (tertiary/aromatic N) is 2. The summed E-state index contributed by atoms with van der Waals surface area (Å²) in [5.41, 5.74) is 3.51. The minimum Gasteiger partial charge on any atom is -0.496 e. The SMILES string of the molecule is CCCN1CCN(Cc2cc(C)cc(C)c2OC)[C@@H]2CS(=O)(=O)C[C@@H]21. The van der Waals surface area contributed by atoms with Crippen LogP contribution in [0, 0.1) is 13.8 Å². The number of ether oxygens (including phenoxy) is 1. The summed E-state index contributed by atoms with van der Waals surface area (Å²) in [5, 5.41) is 0. The molecule has 0 spiro atoms. The third-order valence-electron chi connectivity index (χ3n) is 5.49. The molecule has 3 rings (SSSR count). The average molecular weight is 367 g/mol. The van der Waals surface area contributed by atoms with Crippen LogP contribution in [0.15, 0.2) is 12.1 Å². The Kier molecular flexibility index (Phi) is 5.42. The molecule has 2 heterocycles. The predicted molar refractivity (Wildman–Crippen MR) is 101 cm³/mol. The fraction of sp³-hybridized carbons (Fsp3) is 0.684. The predicted octanol–water partition coefficient (Wildman–Crippen LogP) is 2.01. The Balaban J connectivity index is 1.86. The minimum atomic E-state index is -2.95. The summed E-state index contributed by atoms with van der Waals surface area (Å²) in [7, 11) is -1.24. The fourth-order valence-corrected chi connectivity index (χ4v) is 6.57. The lowest BCUT2D eigenvalue weighted by atomic mass is 10.0. The van der Waals surface area contributed by atoms with Crippen molar-refractivity contribution in [2.75, 3.05) is 38.2 Å². The third kappa shape index (κ3) is 3.86. The molecule has 2 fully saturated rings. The first-order chi connectivity index (χ1) is 11.8. The lowest BCUT2D eigenvalue weighted by Crippen LogP contribution is -2.58. The molecule has 0 bridgehead atoms. The van der Waals surface area contributed by atoms with Crippen LogP contribution in [-0.4, -0.2) is 68.6 Å². The van der Waals surface area contributed by atoms with Crippen molar-refractivity contribution >= 4 is 9.84 Å². The van der Waals surface area contributed by atoms with Gasteiger partial charge in [-0.3, -0.25) is 9.80 Å². The van der Waals surface area contributed by atoms with E-state index in [1.165, 1.54) is 5.56 Å². The third-order valence-corrected chi connectivity index (χ3v) is 7.19. The van der Waals surface area contributed by atoms with Crippen molar-refractivity contribution in [2.45, 2.75) is 45.8 Å². The Labute approximate surface area is 151 Å². The number of hydrogen-bond donors (Lipinski definition) is 0. The molecule has 1 aromatic rings. The molecule has 0 N–H and O–H groups in total. The quantitative estimate of drug-likeness (QED) is 0.798. The van der Waals surface area contributed by atoms with Crippen LogP contribution >= 0.6 is 0 Å². The number of hydrogen-bond acceptors (Lipinski definition) is 5. The van der Waals surface area contributed by atoms with Crippen LogP contribution in [0.2, 0.25) is 0 Å². The Morgan fingerprint density at radius 1 is 1.12 bits per heavy atom. The average Bonchev–Trinajstić information content (AvgIpc) is 2.85. The van der Waals surface area contributed by atoms with E-state index >= 15 is 0 Å². The highest BCUT2D eigenvalue weighted by Gasteiger charge is 2.46. The van der Waals surface area contributed by atoms with Gasteiger partial charge in [0.1, 0.15) is 5.75 Å². The van der Waals surface area contributed by atoms with Gasteiger partial charge in [0.25, 0.3) is 0 Å². The molecule has 0 saturated carbocycles. The van der Waals surface area contributed by atoms with Crippen molar-refractivity contribution in [1.82, 2.24) is 9.80 Å². The van der Waals surface area contributed by atoms with E-state index in [0.717, 1.165) is 49.5 Å². The van der Waals surface area contributed by atoms with E-state index in [9.17, 15) is 8.42 Å². The smallest absolute Gasteiger partial charge is 0.153 e. The van der Waals surface area contributed by atoms with Crippen LogP contribution in [0.4, 0.5) is 0 Å². The van der Waals surface area contributed by atoms with E-state index in [-0.39, 0.29) is 17.8 Å². The van der Waals surface area contributed by atoms with Crippen molar-refractivity contribution in [1.29, 1.82) is 0 Å². The lowest BCUT2D eigenvalue weighted by molar-refractivity contribution is 0.0401. The Hall–Kier alpha value is -1.11.